The number of rotatable bonds is 7. The van der Waals surface area contributed by atoms with Crippen molar-refractivity contribution in [2.75, 3.05) is 19.0 Å². The highest BCUT2D eigenvalue weighted by Crippen LogP contribution is 2.23. The average Bonchev–Trinajstić information content (AvgIpc) is 3.21. The van der Waals surface area contributed by atoms with Crippen molar-refractivity contribution >= 4 is 11.7 Å². The summed E-state index contributed by atoms with van der Waals surface area (Å²) in [6, 6.07) is 6.99. The van der Waals surface area contributed by atoms with Crippen LogP contribution in [0, 0.1) is 11.6 Å². The van der Waals surface area contributed by atoms with Gasteiger partial charge in [0.25, 0.3) is 0 Å². The summed E-state index contributed by atoms with van der Waals surface area (Å²) in [5.41, 5.74) is 1.24. The second kappa shape index (κ2) is 8.77. The first-order valence-electron chi connectivity index (χ1n) is 8.79. The van der Waals surface area contributed by atoms with Crippen LogP contribution in [0.3, 0.4) is 0 Å². The topological polar surface area (TPSA) is 75.3 Å². The van der Waals surface area contributed by atoms with E-state index in [1.807, 2.05) is 0 Å². The van der Waals surface area contributed by atoms with Crippen molar-refractivity contribution in [3.05, 3.63) is 53.1 Å². The van der Waals surface area contributed by atoms with Crippen LogP contribution in [-0.2, 0) is 17.9 Å². The Labute approximate surface area is 156 Å². The SMILES string of the molecule is COc1nc(NCc2ccc(F)cc2)c(F)cc1CNC(=O)C1CCCN1. The highest BCUT2D eigenvalue weighted by molar-refractivity contribution is 5.82. The smallest absolute Gasteiger partial charge is 0.237 e. The Bertz CT molecular complexity index is 793. The molecule has 8 heteroatoms. The molecule has 3 N–H and O–H groups in total. The highest BCUT2D eigenvalue weighted by Gasteiger charge is 2.22. The third-order valence-electron chi connectivity index (χ3n) is 4.41. The molecule has 1 aliphatic rings. The molecule has 2 heterocycles. The Balaban J connectivity index is 1.64. The summed E-state index contributed by atoms with van der Waals surface area (Å²) in [6.45, 7) is 1.24. The number of amides is 1. The second-order valence-corrected chi connectivity index (χ2v) is 6.33. The molecule has 0 bridgehead atoms. The number of nitrogens with zero attached hydrogens (tertiary/aromatic N) is 1. The Morgan fingerprint density at radius 3 is 2.74 bits per heavy atom. The molecule has 1 fully saturated rings. The standard InChI is InChI=1S/C19H22F2N4O2/c1-27-19-13(11-24-18(26)16-3-2-8-22-16)9-15(21)17(25-19)23-10-12-4-6-14(20)7-5-12/h4-7,9,16,22H,2-3,8,10-11H2,1H3,(H,23,25)(H,24,26). The molecule has 3 rings (SSSR count). The maximum absolute atomic E-state index is 14.4. The van der Waals surface area contributed by atoms with Crippen LogP contribution in [0.4, 0.5) is 14.6 Å². The minimum atomic E-state index is -0.554. The zero-order chi connectivity index (χ0) is 19.2. The maximum Gasteiger partial charge on any atom is 0.237 e. The van der Waals surface area contributed by atoms with Crippen molar-refractivity contribution in [2.24, 2.45) is 0 Å². The van der Waals surface area contributed by atoms with E-state index in [1.165, 1.54) is 25.3 Å². The molecule has 0 radical (unpaired) electrons. The summed E-state index contributed by atoms with van der Waals surface area (Å²) in [7, 11) is 1.44. The maximum atomic E-state index is 14.4. The fourth-order valence-corrected chi connectivity index (χ4v) is 2.94. The zero-order valence-corrected chi connectivity index (χ0v) is 15.0. The van der Waals surface area contributed by atoms with E-state index in [4.69, 9.17) is 4.74 Å². The van der Waals surface area contributed by atoms with Gasteiger partial charge in [0.05, 0.1) is 13.2 Å². The minimum absolute atomic E-state index is 0.0312. The Hall–Kier alpha value is -2.74. The Kier molecular flexibility index (Phi) is 6.18. The van der Waals surface area contributed by atoms with E-state index in [1.54, 1.807) is 12.1 Å². The van der Waals surface area contributed by atoms with Gasteiger partial charge in [0.2, 0.25) is 11.8 Å². The summed E-state index contributed by atoms with van der Waals surface area (Å²) in [4.78, 5) is 16.2. The van der Waals surface area contributed by atoms with Crippen LogP contribution < -0.4 is 20.7 Å². The average molecular weight is 376 g/mol. The van der Waals surface area contributed by atoms with Crippen LogP contribution in [0.5, 0.6) is 5.88 Å². The van der Waals surface area contributed by atoms with Gasteiger partial charge in [-0.15, -0.1) is 0 Å². The van der Waals surface area contributed by atoms with E-state index in [0.29, 0.717) is 5.56 Å². The number of aromatic nitrogens is 1. The molecule has 2 aromatic rings. The molecular weight excluding hydrogens is 354 g/mol. The number of hydrogen-bond acceptors (Lipinski definition) is 5. The van der Waals surface area contributed by atoms with Crippen LogP contribution >= 0.6 is 0 Å². The molecule has 0 spiro atoms. The fourth-order valence-electron chi connectivity index (χ4n) is 2.94. The van der Waals surface area contributed by atoms with Crippen molar-refractivity contribution < 1.29 is 18.3 Å². The molecule has 1 unspecified atom stereocenters. The molecule has 1 atom stereocenters. The first-order valence-corrected chi connectivity index (χ1v) is 8.79. The number of carbonyl (C=O) groups excluding carboxylic acids is 1. The Morgan fingerprint density at radius 2 is 2.07 bits per heavy atom. The lowest BCUT2D eigenvalue weighted by atomic mass is 10.2. The molecule has 27 heavy (non-hydrogen) atoms. The molecule has 6 nitrogen and oxygen atoms in total. The van der Waals surface area contributed by atoms with Gasteiger partial charge in [-0.05, 0) is 43.1 Å². The predicted octanol–water partition coefficient (Wildman–Crippen LogP) is 2.35. The number of benzene rings is 1. The number of methoxy groups -OCH3 is 1. The zero-order valence-electron chi connectivity index (χ0n) is 15.0. The monoisotopic (exact) mass is 376 g/mol. The van der Waals surface area contributed by atoms with Gasteiger partial charge in [-0.25, -0.2) is 8.78 Å². The van der Waals surface area contributed by atoms with E-state index in [2.05, 4.69) is 20.9 Å². The third kappa shape index (κ3) is 4.91. The largest absolute Gasteiger partial charge is 0.481 e. The molecule has 1 aromatic heterocycles. The lowest BCUT2D eigenvalue weighted by molar-refractivity contribution is -0.122. The molecular formula is C19H22F2N4O2. The van der Waals surface area contributed by atoms with Gasteiger partial charge >= 0.3 is 0 Å². The highest BCUT2D eigenvalue weighted by atomic mass is 19.1. The van der Waals surface area contributed by atoms with Crippen LogP contribution in [-0.4, -0.2) is 30.6 Å². The Morgan fingerprint density at radius 1 is 1.30 bits per heavy atom. The van der Waals surface area contributed by atoms with Crippen molar-refractivity contribution in [1.82, 2.24) is 15.6 Å². The van der Waals surface area contributed by atoms with Crippen molar-refractivity contribution in [2.45, 2.75) is 32.0 Å². The first kappa shape index (κ1) is 19.0. The normalized spacial score (nSPS) is 16.2. The van der Waals surface area contributed by atoms with Crippen LogP contribution in [0.25, 0.3) is 0 Å². The summed E-state index contributed by atoms with van der Waals surface area (Å²) < 4.78 is 32.6. The summed E-state index contributed by atoms with van der Waals surface area (Å²) >= 11 is 0. The molecule has 144 valence electrons. The van der Waals surface area contributed by atoms with E-state index >= 15 is 0 Å². The van der Waals surface area contributed by atoms with Crippen LogP contribution in [0.1, 0.15) is 24.0 Å². The quantitative estimate of drug-likeness (QED) is 0.692. The summed E-state index contributed by atoms with van der Waals surface area (Å²) in [6.07, 6.45) is 1.76. The number of ether oxygens (including phenoxy) is 1. The molecule has 0 saturated carbocycles. The lowest BCUT2D eigenvalue weighted by Crippen LogP contribution is -2.40. The van der Waals surface area contributed by atoms with Crippen molar-refractivity contribution in [1.29, 1.82) is 0 Å². The van der Waals surface area contributed by atoms with Gasteiger partial charge in [0.1, 0.15) is 5.82 Å². The lowest BCUT2D eigenvalue weighted by Gasteiger charge is -2.14. The summed E-state index contributed by atoms with van der Waals surface area (Å²) in [5, 5.41) is 8.77. The molecule has 1 aromatic carbocycles. The first-order chi connectivity index (χ1) is 13.1. The van der Waals surface area contributed by atoms with Crippen molar-refractivity contribution in [3.63, 3.8) is 0 Å². The van der Waals surface area contributed by atoms with Gasteiger partial charge in [-0.1, -0.05) is 12.1 Å². The number of pyridine rings is 1. The second-order valence-electron chi connectivity index (χ2n) is 6.33. The number of nitrogens with one attached hydrogen (secondary N) is 3. The molecule has 0 aliphatic carbocycles. The van der Waals surface area contributed by atoms with E-state index in [-0.39, 0.29) is 42.6 Å². The number of anilines is 1. The third-order valence-corrected chi connectivity index (χ3v) is 4.41. The van der Waals surface area contributed by atoms with E-state index in [0.717, 1.165) is 24.9 Å². The number of halogens is 2. The van der Waals surface area contributed by atoms with Gasteiger partial charge < -0.3 is 20.7 Å². The number of hydrogen-bond donors (Lipinski definition) is 3. The van der Waals surface area contributed by atoms with Crippen LogP contribution in [0.2, 0.25) is 0 Å². The molecule has 1 aliphatic heterocycles. The van der Waals surface area contributed by atoms with Gasteiger partial charge in [-0.2, -0.15) is 4.98 Å². The number of carbonyl (C=O) groups is 1. The predicted molar refractivity (Wildman–Crippen MR) is 97.3 cm³/mol. The minimum Gasteiger partial charge on any atom is -0.481 e. The summed E-state index contributed by atoms with van der Waals surface area (Å²) in [5.74, 6) is -0.736. The van der Waals surface area contributed by atoms with Gasteiger partial charge in [0, 0.05) is 18.7 Å². The fraction of sp³-hybridized carbons (Fsp3) is 0.368. The molecule has 1 saturated heterocycles. The van der Waals surface area contributed by atoms with Crippen molar-refractivity contribution in [3.8, 4) is 5.88 Å². The van der Waals surface area contributed by atoms with E-state index < -0.39 is 5.82 Å². The van der Waals surface area contributed by atoms with Gasteiger partial charge in [0.15, 0.2) is 11.6 Å². The van der Waals surface area contributed by atoms with E-state index in [9.17, 15) is 13.6 Å². The van der Waals surface area contributed by atoms with Crippen LogP contribution in [0.15, 0.2) is 30.3 Å². The molecule has 1 amide bonds. The van der Waals surface area contributed by atoms with Gasteiger partial charge in [-0.3, -0.25) is 4.79 Å².